The topological polar surface area (TPSA) is 58.2 Å². The average molecular weight is 343 g/mol. The molecule has 0 aromatic heterocycles. The van der Waals surface area contributed by atoms with Crippen LogP contribution in [-0.2, 0) is 15.0 Å². The highest BCUT2D eigenvalue weighted by Crippen LogP contribution is 2.29. The van der Waals surface area contributed by atoms with Gasteiger partial charge in [0.15, 0.2) is 0 Å². The van der Waals surface area contributed by atoms with Gasteiger partial charge in [-0.25, -0.2) is 0 Å². The fourth-order valence-corrected chi connectivity index (χ4v) is 2.73. The third kappa shape index (κ3) is 4.14. The predicted molar refractivity (Wildman–Crippen MR) is 88.2 cm³/mol. The maximum absolute atomic E-state index is 12.2. The molecule has 4 nitrogen and oxygen atoms in total. The van der Waals surface area contributed by atoms with Gasteiger partial charge in [-0.2, -0.15) is 0 Å². The molecule has 22 heavy (non-hydrogen) atoms. The van der Waals surface area contributed by atoms with E-state index in [2.05, 4.69) is 10.6 Å². The summed E-state index contributed by atoms with van der Waals surface area (Å²) in [5, 5.41) is 6.72. The van der Waals surface area contributed by atoms with Gasteiger partial charge in [0.1, 0.15) is 0 Å². The van der Waals surface area contributed by atoms with Crippen LogP contribution >= 0.6 is 23.2 Å². The molecule has 0 radical (unpaired) electrons. The minimum atomic E-state index is -0.262. The minimum Gasteiger partial charge on any atom is -0.355 e. The van der Waals surface area contributed by atoms with Crippen molar-refractivity contribution in [2.45, 2.75) is 32.1 Å². The molecule has 0 saturated carbocycles. The van der Waals surface area contributed by atoms with Gasteiger partial charge in [0.2, 0.25) is 11.8 Å². The van der Waals surface area contributed by atoms with Gasteiger partial charge in [-0.15, -0.1) is 0 Å². The average Bonchev–Trinajstić information content (AvgIpc) is 2.48. The monoisotopic (exact) mass is 342 g/mol. The van der Waals surface area contributed by atoms with Gasteiger partial charge in [-0.1, -0.05) is 43.1 Å². The Balaban J connectivity index is 1.95. The van der Waals surface area contributed by atoms with E-state index in [1.54, 1.807) is 6.07 Å². The normalized spacial score (nSPS) is 18.7. The molecule has 1 aliphatic heterocycles. The molecule has 1 saturated heterocycles. The van der Waals surface area contributed by atoms with Crippen LogP contribution in [0.5, 0.6) is 0 Å². The van der Waals surface area contributed by atoms with E-state index in [4.69, 9.17) is 23.2 Å². The van der Waals surface area contributed by atoms with Crippen LogP contribution in [0.3, 0.4) is 0 Å². The van der Waals surface area contributed by atoms with Crippen LogP contribution in [0.2, 0.25) is 10.0 Å². The molecular formula is C16H20Cl2N2O2. The lowest BCUT2D eigenvalue weighted by Crippen LogP contribution is -2.45. The van der Waals surface area contributed by atoms with Crippen molar-refractivity contribution in [3.05, 3.63) is 33.8 Å². The van der Waals surface area contributed by atoms with E-state index < -0.39 is 0 Å². The van der Waals surface area contributed by atoms with Gasteiger partial charge in [-0.3, -0.25) is 9.59 Å². The summed E-state index contributed by atoms with van der Waals surface area (Å²) < 4.78 is 0. The van der Waals surface area contributed by atoms with E-state index in [9.17, 15) is 9.59 Å². The SMILES string of the molecule is CC(C)(CNC(=O)[C@H]1CCC(=O)NC1)c1ccc(Cl)c(Cl)c1. The molecule has 1 atom stereocenters. The lowest BCUT2D eigenvalue weighted by molar-refractivity contribution is -0.129. The van der Waals surface area contributed by atoms with Crippen molar-refractivity contribution in [1.82, 2.24) is 10.6 Å². The van der Waals surface area contributed by atoms with Crippen LogP contribution in [0.25, 0.3) is 0 Å². The van der Waals surface area contributed by atoms with Crippen molar-refractivity contribution in [2.75, 3.05) is 13.1 Å². The number of carbonyl (C=O) groups excluding carboxylic acids is 2. The van der Waals surface area contributed by atoms with Crippen molar-refractivity contribution in [3.63, 3.8) is 0 Å². The molecule has 0 bridgehead atoms. The highest BCUT2D eigenvalue weighted by Gasteiger charge is 2.27. The zero-order valence-electron chi connectivity index (χ0n) is 12.7. The Hall–Kier alpha value is -1.26. The molecule has 2 rings (SSSR count). The Bertz CT molecular complexity index is 578. The van der Waals surface area contributed by atoms with E-state index in [0.717, 1.165) is 5.56 Å². The number of amides is 2. The standard InChI is InChI=1S/C16H20Cl2N2O2/c1-16(2,11-4-5-12(17)13(18)7-11)9-20-15(22)10-3-6-14(21)19-8-10/h4-5,7,10H,3,6,8-9H2,1-2H3,(H,19,21)(H,20,22)/t10-/m0/s1. The van der Waals surface area contributed by atoms with Crippen LogP contribution in [0.1, 0.15) is 32.3 Å². The molecule has 2 amide bonds. The van der Waals surface area contributed by atoms with Crippen molar-refractivity contribution in [1.29, 1.82) is 0 Å². The summed E-state index contributed by atoms with van der Waals surface area (Å²) in [6.07, 6.45) is 1.01. The summed E-state index contributed by atoms with van der Waals surface area (Å²) in [7, 11) is 0. The third-order valence-electron chi connectivity index (χ3n) is 4.04. The van der Waals surface area contributed by atoms with Gasteiger partial charge in [0.05, 0.1) is 16.0 Å². The van der Waals surface area contributed by atoms with Crippen LogP contribution in [-0.4, -0.2) is 24.9 Å². The van der Waals surface area contributed by atoms with Crippen molar-refractivity contribution < 1.29 is 9.59 Å². The highest BCUT2D eigenvalue weighted by molar-refractivity contribution is 6.42. The largest absolute Gasteiger partial charge is 0.355 e. The van der Waals surface area contributed by atoms with Crippen LogP contribution in [0, 0.1) is 5.92 Å². The van der Waals surface area contributed by atoms with Gasteiger partial charge < -0.3 is 10.6 Å². The second kappa shape index (κ2) is 6.88. The number of carbonyl (C=O) groups is 2. The van der Waals surface area contributed by atoms with Crippen molar-refractivity contribution >= 4 is 35.0 Å². The number of benzene rings is 1. The lowest BCUT2D eigenvalue weighted by atomic mass is 9.84. The highest BCUT2D eigenvalue weighted by atomic mass is 35.5. The van der Waals surface area contributed by atoms with E-state index in [0.29, 0.717) is 36.0 Å². The number of hydrogen-bond donors (Lipinski definition) is 2. The molecule has 6 heteroatoms. The first-order valence-corrected chi connectivity index (χ1v) is 8.05. The summed E-state index contributed by atoms with van der Waals surface area (Å²) >= 11 is 12.0. The molecule has 0 unspecified atom stereocenters. The Labute approximate surface area is 140 Å². The molecular weight excluding hydrogens is 323 g/mol. The molecule has 1 fully saturated rings. The van der Waals surface area contributed by atoms with E-state index in [1.807, 2.05) is 26.0 Å². The zero-order valence-corrected chi connectivity index (χ0v) is 14.2. The summed E-state index contributed by atoms with van der Waals surface area (Å²) in [6.45, 7) is 4.98. The number of rotatable bonds is 4. The Kier molecular flexibility index (Phi) is 5.35. The van der Waals surface area contributed by atoms with Gasteiger partial charge in [0.25, 0.3) is 0 Å². The first-order valence-electron chi connectivity index (χ1n) is 7.29. The quantitative estimate of drug-likeness (QED) is 0.883. The molecule has 2 N–H and O–H groups in total. The number of hydrogen-bond acceptors (Lipinski definition) is 2. The second-order valence-electron chi connectivity index (χ2n) is 6.27. The second-order valence-corrected chi connectivity index (χ2v) is 7.08. The number of halogens is 2. The number of nitrogens with one attached hydrogen (secondary N) is 2. The maximum atomic E-state index is 12.2. The molecule has 1 heterocycles. The molecule has 1 aromatic carbocycles. The number of piperidine rings is 1. The fourth-order valence-electron chi connectivity index (χ4n) is 2.43. The maximum Gasteiger partial charge on any atom is 0.224 e. The fraction of sp³-hybridized carbons (Fsp3) is 0.500. The van der Waals surface area contributed by atoms with Crippen LogP contribution < -0.4 is 10.6 Å². The van der Waals surface area contributed by atoms with Gasteiger partial charge >= 0.3 is 0 Å². The van der Waals surface area contributed by atoms with Crippen LogP contribution in [0.4, 0.5) is 0 Å². The molecule has 120 valence electrons. The predicted octanol–water partition coefficient (Wildman–Crippen LogP) is 2.91. The Morgan fingerprint density at radius 2 is 2.09 bits per heavy atom. The minimum absolute atomic E-state index is 0.0141. The van der Waals surface area contributed by atoms with Gasteiger partial charge in [-0.05, 0) is 24.1 Å². The van der Waals surface area contributed by atoms with Crippen molar-refractivity contribution in [2.24, 2.45) is 5.92 Å². The molecule has 1 aromatic rings. The van der Waals surface area contributed by atoms with Gasteiger partial charge in [0, 0.05) is 24.9 Å². The molecule has 0 spiro atoms. The van der Waals surface area contributed by atoms with E-state index in [-0.39, 0.29) is 23.1 Å². The lowest BCUT2D eigenvalue weighted by Gasteiger charge is -2.28. The summed E-state index contributed by atoms with van der Waals surface area (Å²) in [6, 6.07) is 5.51. The summed E-state index contributed by atoms with van der Waals surface area (Å²) in [5.41, 5.74) is 0.751. The molecule has 1 aliphatic rings. The third-order valence-corrected chi connectivity index (χ3v) is 4.78. The molecule has 0 aliphatic carbocycles. The summed E-state index contributed by atoms with van der Waals surface area (Å²) in [5.74, 6) is -0.157. The first-order chi connectivity index (χ1) is 10.3. The van der Waals surface area contributed by atoms with E-state index >= 15 is 0 Å². The smallest absolute Gasteiger partial charge is 0.224 e. The summed E-state index contributed by atoms with van der Waals surface area (Å²) in [4.78, 5) is 23.3. The first kappa shape index (κ1) is 17.1. The van der Waals surface area contributed by atoms with Crippen LogP contribution in [0.15, 0.2) is 18.2 Å². The Morgan fingerprint density at radius 1 is 1.36 bits per heavy atom. The van der Waals surface area contributed by atoms with E-state index in [1.165, 1.54) is 0 Å². The van der Waals surface area contributed by atoms with Crippen molar-refractivity contribution in [3.8, 4) is 0 Å². The Morgan fingerprint density at radius 3 is 2.68 bits per heavy atom. The zero-order chi connectivity index (χ0) is 16.3.